The molecule has 1 unspecified atom stereocenters. The van der Waals surface area contributed by atoms with E-state index in [2.05, 4.69) is 18.8 Å². The molecule has 0 fully saturated rings. The Morgan fingerprint density at radius 3 is 2.53 bits per heavy atom. The summed E-state index contributed by atoms with van der Waals surface area (Å²) in [5.41, 5.74) is -0.465. The first kappa shape index (κ1) is 28.2. The van der Waals surface area contributed by atoms with Gasteiger partial charge in [-0.1, -0.05) is 27.7 Å². The number of ether oxygens (including phenoxy) is 2. The predicted molar refractivity (Wildman–Crippen MR) is 129 cm³/mol. The summed E-state index contributed by atoms with van der Waals surface area (Å²) in [4.78, 5) is 40.0. The average Bonchev–Trinajstić information content (AvgIpc) is 3.33. The lowest BCUT2D eigenvalue weighted by molar-refractivity contribution is -0.163. The van der Waals surface area contributed by atoms with E-state index in [4.69, 9.17) is 18.4 Å². The fourth-order valence-corrected chi connectivity index (χ4v) is 5.09. The van der Waals surface area contributed by atoms with E-state index in [9.17, 15) is 19.0 Å². The minimum atomic E-state index is -4.37. The van der Waals surface area contributed by atoms with Gasteiger partial charge in [0.25, 0.3) is 0 Å². The highest BCUT2D eigenvalue weighted by Crippen LogP contribution is 2.45. The van der Waals surface area contributed by atoms with Gasteiger partial charge in [0.2, 0.25) is 6.79 Å². The fourth-order valence-electron chi connectivity index (χ4n) is 2.95. The van der Waals surface area contributed by atoms with Gasteiger partial charge in [0.05, 0.1) is 29.2 Å². The number of rotatable bonds is 12. The zero-order valence-electron chi connectivity index (χ0n) is 20.7. The molecular formula is C23H34NO8PS. The SMILES string of the molecule is Cc1nc(-c2occc2P(=O)(O)OCOC(=O)C(C)(C)CCOC(=O)C(C)C)c(CC(C)C)s1. The van der Waals surface area contributed by atoms with Gasteiger partial charge in [-0.3, -0.25) is 18.7 Å². The van der Waals surface area contributed by atoms with Crippen LogP contribution < -0.4 is 5.30 Å². The zero-order valence-corrected chi connectivity index (χ0v) is 22.5. The molecule has 2 aromatic rings. The van der Waals surface area contributed by atoms with E-state index in [0.29, 0.717) is 11.6 Å². The van der Waals surface area contributed by atoms with Crippen LogP contribution in [0.1, 0.15) is 57.8 Å². The predicted octanol–water partition coefficient (Wildman–Crippen LogP) is 4.85. The van der Waals surface area contributed by atoms with Gasteiger partial charge in [-0.15, -0.1) is 11.3 Å². The lowest BCUT2D eigenvalue weighted by Gasteiger charge is -2.22. The molecule has 34 heavy (non-hydrogen) atoms. The van der Waals surface area contributed by atoms with Crippen LogP contribution in [0.5, 0.6) is 0 Å². The second-order valence-corrected chi connectivity index (χ2v) is 12.5. The first-order valence-corrected chi connectivity index (χ1v) is 13.5. The van der Waals surface area contributed by atoms with Crippen LogP contribution in [0.4, 0.5) is 0 Å². The summed E-state index contributed by atoms with van der Waals surface area (Å²) >= 11 is 1.51. The van der Waals surface area contributed by atoms with Crippen LogP contribution in [0.2, 0.25) is 0 Å². The van der Waals surface area contributed by atoms with Crippen molar-refractivity contribution in [2.75, 3.05) is 13.4 Å². The summed E-state index contributed by atoms with van der Waals surface area (Å²) < 4.78 is 33.8. The molecular weight excluding hydrogens is 481 g/mol. The number of thiazole rings is 1. The molecule has 2 heterocycles. The molecule has 190 valence electrons. The third-order valence-electron chi connectivity index (χ3n) is 4.97. The molecule has 0 aliphatic carbocycles. The summed E-state index contributed by atoms with van der Waals surface area (Å²) in [6.07, 6.45) is 2.28. The standard InChI is InChI=1S/C23H34NO8PS/c1-14(2)12-18-19(24-16(5)34-18)20-17(8-10-29-20)33(27,28)32-13-31-22(26)23(6,7)9-11-30-21(25)15(3)4/h8,10,14-15H,9,11-13H2,1-7H3,(H,27,28). The minimum Gasteiger partial charge on any atom is -0.465 e. The third-order valence-corrected chi connectivity index (χ3v) is 7.38. The van der Waals surface area contributed by atoms with Gasteiger partial charge >= 0.3 is 19.5 Å². The molecule has 1 N–H and O–H groups in total. The minimum absolute atomic E-state index is 0.0429. The Morgan fingerprint density at radius 1 is 1.24 bits per heavy atom. The Hall–Kier alpha value is -2.00. The molecule has 2 aromatic heterocycles. The van der Waals surface area contributed by atoms with Crippen LogP contribution in [-0.4, -0.2) is 35.2 Å². The van der Waals surface area contributed by atoms with E-state index in [-0.39, 0.29) is 36.0 Å². The second-order valence-electron chi connectivity index (χ2n) is 9.39. The zero-order chi connectivity index (χ0) is 25.7. The first-order valence-electron chi connectivity index (χ1n) is 11.1. The van der Waals surface area contributed by atoms with Crippen molar-refractivity contribution in [2.24, 2.45) is 17.3 Å². The van der Waals surface area contributed by atoms with Crippen molar-refractivity contribution in [3.8, 4) is 11.5 Å². The van der Waals surface area contributed by atoms with E-state index in [1.54, 1.807) is 27.7 Å². The molecule has 9 nitrogen and oxygen atoms in total. The number of carbonyl (C=O) groups is 2. The van der Waals surface area contributed by atoms with Crippen LogP contribution in [0.25, 0.3) is 11.5 Å². The van der Waals surface area contributed by atoms with Crippen LogP contribution in [0, 0.1) is 24.2 Å². The van der Waals surface area contributed by atoms with Crippen LogP contribution >= 0.6 is 18.9 Å². The van der Waals surface area contributed by atoms with Gasteiger partial charge in [-0.2, -0.15) is 0 Å². The van der Waals surface area contributed by atoms with Gasteiger partial charge in [0.15, 0.2) is 5.76 Å². The van der Waals surface area contributed by atoms with Gasteiger partial charge in [-0.25, -0.2) is 4.98 Å². The maximum atomic E-state index is 13.0. The molecule has 2 rings (SSSR count). The maximum Gasteiger partial charge on any atom is 0.365 e. The quantitative estimate of drug-likeness (QED) is 0.240. The molecule has 11 heteroatoms. The van der Waals surface area contributed by atoms with E-state index < -0.39 is 25.8 Å². The van der Waals surface area contributed by atoms with Crippen LogP contribution in [0.15, 0.2) is 16.7 Å². The van der Waals surface area contributed by atoms with Crippen molar-refractivity contribution in [3.05, 3.63) is 22.2 Å². The third kappa shape index (κ3) is 7.50. The van der Waals surface area contributed by atoms with Gasteiger partial charge in [-0.05, 0) is 45.6 Å². The highest BCUT2D eigenvalue weighted by molar-refractivity contribution is 7.61. The molecule has 0 spiro atoms. The molecule has 0 amide bonds. The van der Waals surface area contributed by atoms with Crippen molar-refractivity contribution in [2.45, 2.75) is 61.3 Å². The summed E-state index contributed by atoms with van der Waals surface area (Å²) in [5.74, 6) is -0.716. The Morgan fingerprint density at radius 2 is 1.91 bits per heavy atom. The summed E-state index contributed by atoms with van der Waals surface area (Å²) in [7, 11) is -4.37. The Kier molecular flexibility index (Phi) is 9.65. The van der Waals surface area contributed by atoms with Crippen LogP contribution in [0.3, 0.4) is 0 Å². The summed E-state index contributed by atoms with van der Waals surface area (Å²) in [5, 5.41) is 0.774. The Labute approximate surface area is 204 Å². The number of aromatic nitrogens is 1. The van der Waals surface area contributed by atoms with Crippen molar-refractivity contribution < 1.29 is 37.5 Å². The molecule has 0 aliphatic heterocycles. The number of furan rings is 1. The lowest BCUT2D eigenvalue weighted by atomic mass is 9.90. The molecule has 0 aliphatic rings. The molecule has 1 atom stereocenters. The largest absolute Gasteiger partial charge is 0.465 e. The molecule has 0 saturated heterocycles. The fraction of sp³-hybridized carbons (Fsp3) is 0.609. The number of hydrogen-bond acceptors (Lipinski definition) is 9. The number of carbonyl (C=O) groups excluding carboxylic acids is 2. The van der Waals surface area contributed by atoms with Gasteiger partial charge < -0.3 is 18.8 Å². The number of esters is 2. The number of hydrogen-bond donors (Lipinski definition) is 1. The van der Waals surface area contributed by atoms with Crippen LogP contribution in [-0.2, 0) is 34.6 Å². The second kappa shape index (κ2) is 11.6. The molecule has 0 bridgehead atoms. The lowest BCUT2D eigenvalue weighted by Crippen LogP contribution is -2.29. The van der Waals surface area contributed by atoms with E-state index in [1.807, 2.05) is 6.92 Å². The van der Waals surface area contributed by atoms with E-state index in [1.165, 1.54) is 23.7 Å². The average molecular weight is 516 g/mol. The van der Waals surface area contributed by atoms with E-state index in [0.717, 1.165) is 16.3 Å². The van der Waals surface area contributed by atoms with Crippen molar-refractivity contribution in [3.63, 3.8) is 0 Å². The summed E-state index contributed by atoms with van der Waals surface area (Å²) in [6.45, 7) is 12.1. The highest BCUT2D eigenvalue weighted by atomic mass is 32.1. The highest BCUT2D eigenvalue weighted by Gasteiger charge is 2.34. The molecule has 0 saturated carbocycles. The smallest absolute Gasteiger partial charge is 0.365 e. The monoisotopic (exact) mass is 515 g/mol. The summed E-state index contributed by atoms with van der Waals surface area (Å²) in [6, 6.07) is 1.36. The van der Waals surface area contributed by atoms with Gasteiger partial charge in [0, 0.05) is 4.88 Å². The van der Waals surface area contributed by atoms with Crippen molar-refractivity contribution >= 4 is 36.2 Å². The topological polar surface area (TPSA) is 125 Å². The number of aryl methyl sites for hydroxylation is 1. The first-order chi connectivity index (χ1) is 15.7. The van der Waals surface area contributed by atoms with Gasteiger partial charge in [0.1, 0.15) is 11.0 Å². The maximum absolute atomic E-state index is 13.0. The number of nitrogens with zero attached hydrogens (tertiary/aromatic N) is 1. The Bertz CT molecular complexity index is 1040. The normalized spacial score (nSPS) is 13.8. The van der Waals surface area contributed by atoms with Crippen molar-refractivity contribution in [1.29, 1.82) is 0 Å². The molecule has 0 radical (unpaired) electrons. The Balaban J connectivity index is 2.02. The molecule has 0 aromatic carbocycles. The van der Waals surface area contributed by atoms with E-state index >= 15 is 0 Å². The van der Waals surface area contributed by atoms with Crippen molar-refractivity contribution in [1.82, 2.24) is 4.98 Å².